The first kappa shape index (κ1) is 12.8. The summed E-state index contributed by atoms with van der Waals surface area (Å²) in [6, 6.07) is 1.99. The lowest BCUT2D eigenvalue weighted by atomic mass is 10.1. The molecular weight excluding hydrogens is 226 g/mol. The monoisotopic (exact) mass is 245 g/mol. The van der Waals surface area contributed by atoms with Gasteiger partial charge in [0.2, 0.25) is 0 Å². The van der Waals surface area contributed by atoms with E-state index in [9.17, 15) is 5.11 Å². The molecule has 0 atom stereocenters. The van der Waals surface area contributed by atoms with E-state index in [-0.39, 0.29) is 6.61 Å². The van der Waals surface area contributed by atoms with E-state index in [4.69, 9.17) is 0 Å². The van der Waals surface area contributed by atoms with E-state index >= 15 is 0 Å². The fourth-order valence-corrected chi connectivity index (χ4v) is 2.17. The van der Waals surface area contributed by atoms with Gasteiger partial charge in [0.25, 0.3) is 0 Å². The van der Waals surface area contributed by atoms with E-state index in [1.807, 2.05) is 30.7 Å². The number of rotatable bonds is 4. The third-order valence-corrected chi connectivity index (χ3v) is 3.03. The second-order valence-electron chi connectivity index (χ2n) is 4.50. The van der Waals surface area contributed by atoms with Gasteiger partial charge in [-0.1, -0.05) is 6.92 Å². The third-order valence-electron chi connectivity index (χ3n) is 3.03. The summed E-state index contributed by atoms with van der Waals surface area (Å²) in [5.74, 6) is 1.79. The van der Waals surface area contributed by atoms with Crippen LogP contribution in [0.5, 0.6) is 0 Å². The molecule has 2 aromatic rings. The van der Waals surface area contributed by atoms with Crippen molar-refractivity contribution in [3.63, 3.8) is 0 Å². The van der Waals surface area contributed by atoms with Gasteiger partial charge in [0, 0.05) is 30.1 Å². The molecule has 0 aliphatic heterocycles. The van der Waals surface area contributed by atoms with Crippen LogP contribution in [-0.4, -0.2) is 19.6 Å². The summed E-state index contributed by atoms with van der Waals surface area (Å²) in [5, 5.41) is 9.54. The topological polar surface area (TPSA) is 50.9 Å². The van der Waals surface area contributed by atoms with Crippen LogP contribution in [0.3, 0.4) is 0 Å². The first-order valence-corrected chi connectivity index (χ1v) is 6.28. The number of aliphatic hydroxyl groups excluding tert-OH is 1. The molecule has 1 N–H and O–H groups in total. The van der Waals surface area contributed by atoms with Crippen LogP contribution in [0.2, 0.25) is 0 Å². The molecule has 0 spiro atoms. The molecular formula is C14H19N3O. The minimum atomic E-state index is -0.00179. The van der Waals surface area contributed by atoms with Gasteiger partial charge in [-0.05, 0) is 31.9 Å². The van der Waals surface area contributed by atoms with Gasteiger partial charge < -0.3 is 5.11 Å². The smallest absolute Gasteiger partial charge is 0.144 e. The quantitative estimate of drug-likeness (QED) is 0.899. The molecule has 0 bridgehead atoms. The van der Waals surface area contributed by atoms with Crippen LogP contribution >= 0.6 is 0 Å². The summed E-state index contributed by atoms with van der Waals surface area (Å²) in [4.78, 5) is 8.91. The van der Waals surface area contributed by atoms with Crippen LogP contribution in [0.25, 0.3) is 5.82 Å². The molecule has 0 radical (unpaired) electrons. The highest BCUT2D eigenvalue weighted by Crippen LogP contribution is 2.19. The minimum absolute atomic E-state index is 0.00179. The van der Waals surface area contributed by atoms with Gasteiger partial charge in [-0.15, -0.1) is 0 Å². The lowest BCUT2D eigenvalue weighted by Gasteiger charge is -2.13. The van der Waals surface area contributed by atoms with Crippen molar-refractivity contribution in [2.75, 3.05) is 0 Å². The number of nitrogens with zero attached hydrogens (tertiary/aromatic N) is 3. The highest BCUT2D eigenvalue weighted by Gasteiger charge is 2.12. The number of aryl methyl sites for hydroxylation is 3. The van der Waals surface area contributed by atoms with E-state index in [1.165, 1.54) is 0 Å². The molecule has 0 fully saturated rings. The van der Waals surface area contributed by atoms with E-state index in [2.05, 4.69) is 16.9 Å². The second-order valence-corrected chi connectivity index (χ2v) is 4.50. The number of pyridine rings is 1. The molecule has 4 nitrogen and oxygen atoms in total. The van der Waals surface area contributed by atoms with Gasteiger partial charge in [-0.25, -0.2) is 9.97 Å². The molecule has 2 heterocycles. The SMILES string of the molecule is CCCc1nccn1-c1nc(C)cc(C)c1CO. The van der Waals surface area contributed by atoms with Gasteiger partial charge in [-0.3, -0.25) is 4.57 Å². The third kappa shape index (κ3) is 2.29. The van der Waals surface area contributed by atoms with Crippen molar-refractivity contribution in [2.24, 2.45) is 0 Å². The summed E-state index contributed by atoms with van der Waals surface area (Å²) < 4.78 is 1.98. The molecule has 18 heavy (non-hydrogen) atoms. The lowest BCUT2D eigenvalue weighted by Crippen LogP contribution is -2.09. The molecule has 0 aliphatic carbocycles. The maximum Gasteiger partial charge on any atom is 0.144 e. The fraction of sp³-hybridized carbons (Fsp3) is 0.429. The van der Waals surface area contributed by atoms with Crippen LogP contribution in [0, 0.1) is 13.8 Å². The Labute approximate surface area is 107 Å². The Morgan fingerprint density at radius 3 is 2.78 bits per heavy atom. The Balaban J connectivity index is 2.58. The molecule has 0 aromatic carbocycles. The van der Waals surface area contributed by atoms with E-state index in [1.54, 1.807) is 6.20 Å². The summed E-state index contributed by atoms with van der Waals surface area (Å²) in [6.45, 7) is 6.09. The number of imidazole rings is 1. The lowest BCUT2D eigenvalue weighted by molar-refractivity contribution is 0.280. The molecule has 0 amide bonds. The Kier molecular flexibility index (Phi) is 3.77. The zero-order valence-electron chi connectivity index (χ0n) is 11.1. The van der Waals surface area contributed by atoms with Gasteiger partial charge in [0.05, 0.1) is 6.61 Å². The van der Waals surface area contributed by atoms with Crippen molar-refractivity contribution in [3.05, 3.63) is 41.1 Å². The highest BCUT2D eigenvalue weighted by molar-refractivity contribution is 5.41. The summed E-state index contributed by atoms with van der Waals surface area (Å²) in [5.41, 5.74) is 2.89. The predicted molar refractivity (Wildman–Crippen MR) is 70.8 cm³/mol. The molecule has 0 saturated carbocycles. The van der Waals surface area contributed by atoms with Crippen LogP contribution in [-0.2, 0) is 13.0 Å². The molecule has 0 saturated heterocycles. The van der Waals surface area contributed by atoms with E-state index < -0.39 is 0 Å². The van der Waals surface area contributed by atoms with Gasteiger partial charge >= 0.3 is 0 Å². The van der Waals surface area contributed by atoms with Crippen LogP contribution in [0.1, 0.15) is 36.0 Å². The Morgan fingerprint density at radius 1 is 1.33 bits per heavy atom. The van der Waals surface area contributed by atoms with Crippen LogP contribution < -0.4 is 0 Å². The number of aromatic nitrogens is 3. The molecule has 2 aromatic heterocycles. The summed E-state index contributed by atoms with van der Waals surface area (Å²) >= 11 is 0. The van der Waals surface area contributed by atoms with Crippen molar-refractivity contribution in [3.8, 4) is 5.82 Å². The summed E-state index contributed by atoms with van der Waals surface area (Å²) in [6.07, 6.45) is 5.64. The van der Waals surface area contributed by atoms with E-state index in [0.29, 0.717) is 0 Å². The van der Waals surface area contributed by atoms with Crippen molar-refractivity contribution in [1.29, 1.82) is 0 Å². The molecule has 96 valence electrons. The normalized spacial score (nSPS) is 10.9. The van der Waals surface area contributed by atoms with E-state index in [0.717, 1.165) is 41.3 Å². The molecule has 2 rings (SSSR count). The largest absolute Gasteiger partial charge is 0.392 e. The summed E-state index contributed by atoms with van der Waals surface area (Å²) in [7, 11) is 0. The fourth-order valence-electron chi connectivity index (χ4n) is 2.17. The molecule has 0 aliphatic rings. The first-order chi connectivity index (χ1) is 8.67. The van der Waals surface area contributed by atoms with Crippen LogP contribution in [0.4, 0.5) is 0 Å². The standard InChI is InChI=1S/C14H19N3O/c1-4-5-13-15-6-7-17(13)14-12(9-18)10(2)8-11(3)16-14/h6-8,18H,4-5,9H2,1-3H3. The number of hydrogen-bond acceptors (Lipinski definition) is 3. The highest BCUT2D eigenvalue weighted by atomic mass is 16.3. The maximum absolute atomic E-state index is 9.54. The van der Waals surface area contributed by atoms with Crippen molar-refractivity contribution < 1.29 is 5.11 Å². The average Bonchev–Trinajstić information content (AvgIpc) is 2.76. The average molecular weight is 245 g/mol. The van der Waals surface area contributed by atoms with Crippen molar-refractivity contribution in [1.82, 2.24) is 14.5 Å². The van der Waals surface area contributed by atoms with Crippen molar-refractivity contribution >= 4 is 0 Å². The van der Waals surface area contributed by atoms with Gasteiger partial charge in [0.15, 0.2) is 0 Å². The Morgan fingerprint density at radius 2 is 2.11 bits per heavy atom. The zero-order valence-corrected chi connectivity index (χ0v) is 11.1. The number of hydrogen-bond donors (Lipinski definition) is 1. The second kappa shape index (κ2) is 5.31. The first-order valence-electron chi connectivity index (χ1n) is 6.28. The predicted octanol–water partition coefficient (Wildman–Crippen LogP) is 2.33. The Hall–Kier alpha value is -1.68. The Bertz CT molecular complexity index is 546. The molecule has 4 heteroatoms. The van der Waals surface area contributed by atoms with Crippen LogP contribution in [0.15, 0.2) is 18.5 Å². The minimum Gasteiger partial charge on any atom is -0.392 e. The van der Waals surface area contributed by atoms with Gasteiger partial charge in [0.1, 0.15) is 11.6 Å². The molecule has 0 unspecified atom stereocenters. The van der Waals surface area contributed by atoms with Gasteiger partial charge in [-0.2, -0.15) is 0 Å². The number of aliphatic hydroxyl groups is 1. The zero-order chi connectivity index (χ0) is 13.1. The van der Waals surface area contributed by atoms with Crippen molar-refractivity contribution in [2.45, 2.75) is 40.2 Å². The maximum atomic E-state index is 9.54.